The van der Waals surface area contributed by atoms with Crippen LogP contribution in [0.1, 0.15) is 11.3 Å². The van der Waals surface area contributed by atoms with Crippen molar-refractivity contribution in [2.45, 2.75) is 13.5 Å². The molecule has 2 aromatic carbocycles. The van der Waals surface area contributed by atoms with Crippen LogP contribution >= 0.6 is 7.37 Å². The van der Waals surface area contributed by atoms with Gasteiger partial charge in [-0.2, -0.15) is 0 Å². The second-order valence-electron chi connectivity index (χ2n) is 7.40. The highest BCUT2D eigenvalue weighted by Gasteiger charge is 2.14. The quantitative estimate of drug-likeness (QED) is 0.366. The third-order valence-electron chi connectivity index (χ3n) is 4.83. The first-order chi connectivity index (χ1) is 15.3. The standard InChI is InChI=1S/C23H22N3O5P/c1-15-4-3-9-24-22(15)14-30-18-10-16(21-13-23(27)26-25-21)11-19(12-18)31-17-5-7-20(8-6-17)32(2,28)29/h3-13H,14H2,1-2H3,(H,28,29)(H2,25,26,27). The van der Waals surface area contributed by atoms with E-state index in [1.807, 2.05) is 19.1 Å². The first-order valence-electron chi connectivity index (χ1n) is 9.83. The lowest BCUT2D eigenvalue weighted by atomic mass is 10.1. The zero-order chi connectivity index (χ0) is 22.7. The fraction of sp³-hybridized carbons (Fsp3) is 0.130. The van der Waals surface area contributed by atoms with Crippen LogP contribution < -0.4 is 20.3 Å². The highest BCUT2D eigenvalue weighted by Crippen LogP contribution is 2.35. The number of ether oxygens (including phenoxy) is 2. The van der Waals surface area contributed by atoms with Crippen LogP contribution in [0, 0.1) is 6.92 Å². The predicted molar refractivity (Wildman–Crippen MR) is 122 cm³/mol. The van der Waals surface area contributed by atoms with Gasteiger partial charge in [0.1, 0.15) is 23.9 Å². The van der Waals surface area contributed by atoms with E-state index in [0.29, 0.717) is 33.8 Å². The van der Waals surface area contributed by atoms with Crippen LogP contribution in [-0.2, 0) is 11.2 Å². The molecule has 0 amide bonds. The van der Waals surface area contributed by atoms with Crippen molar-refractivity contribution in [2.24, 2.45) is 0 Å². The summed E-state index contributed by atoms with van der Waals surface area (Å²) in [7, 11) is -3.33. The number of hydrogen-bond acceptors (Lipinski definition) is 5. The highest BCUT2D eigenvalue weighted by molar-refractivity contribution is 7.65. The summed E-state index contributed by atoms with van der Waals surface area (Å²) < 4.78 is 23.7. The Morgan fingerprint density at radius 1 is 1.00 bits per heavy atom. The Kier molecular flexibility index (Phi) is 5.99. The minimum atomic E-state index is -3.33. The van der Waals surface area contributed by atoms with Gasteiger partial charge >= 0.3 is 0 Å². The molecule has 0 radical (unpaired) electrons. The molecule has 1 unspecified atom stereocenters. The number of nitrogens with one attached hydrogen (secondary N) is 2. The lowest BCUT2D eigenvalue weighted by Crippen LogP contribution is -2.02. The van der Waals surface area contributed by atoms with Gasteiger partial charge in [0.05, 0.1) is 11.4 Å². The number of nitrogens with zero attached hydrogens (tertiary/aromatic N) is 1. The van der Waals surface area contributed by atoms with Gasteiger partial charge in [-0.1, -0.05) is 6.07 Å². The molecule has 1 atom stereocenters. The molecule has 9 heteroatoms. The molecule has 0 bridgehead atoms. The maximum Gasteiger partial charge on any atom is 0.264 e. The second kappa shape index (κ2) is 8.86. The van der Waals surface area contributed by atoms with E-state index >= 15 is 0 Å². The largest absolute Gasteiger partial charge is 0.487 e. The second-order valence-corrected chi connectivity index (χ2v) is 9.67. The number of benzene rings is 2. The van der Waals surface area contributed by atoms with Crippen LogP contribution in [0.15, 0.2) is 71.7 Å². The van der Waals surface area contributed by atoms with E-state index < -0.39 is 7.37 Å². The fourth-order valence-electron chi connectivity index (χ4n) is 3.11. The van der Waals surface area contributed by atoms with Crippen LogP contribution in [-0.4, -0.2) is 26.7 Å². The first-order valence-corrected chi connectivity index (χ1v) is 11.9. The zero-order valence-electron chi connectivity index (χ0n) is 17.5. The Balaban J connectivity index is 1.63. The first kappa shape index (κ1) is 21.6. The lowest BCUT2D eigenvalue weighted by molar-refractivity contribution is 0.299. The van der Waals surface area contributed by atoms with E-state index in [2.05, 4.69) is 15.2 Å². The van der Waals surface area contributed by atoms with Crippen molar-refractivity contribution >= 4 is 12.7 Å². The van der Waals surface area contributed by atoms with Gasteiger partial charge < -0.3 is 14.4 Å². The van der Waals surface area contributed by atoms with Crippen molar-refractivity contribution in [3.8, 4) is 28.5 Å². The molecule has 4 rings (SSSR count). The third kappa shape index (κ3) is 5.17. The minimum absolute atomic E-state index is 0.249. The Morgan fingerprint density at radius 3 is 2.41 bits per heavy atom. The summed E-state index contributed by atoms with van der Waals surface area (Å²) in [5, 5.41) is 5.69. The van der Waals surface area contributed by atoms with Crippen molar-refractivity contribution in [1.29, 1.82) is 0 Å². The van der Waals surface area contributed by atoms with E-state index in [1.54, 1.807) is 48.7 Å². The molecular formula is C23H22N3O5P. The molecule has 8 nitrogen and oxygen atoms in total. The molecule has 3 N–H and O–H groups in total. The van der Waals surface area contributed by atoms with Crippen LogP contribution in [0.3, 0.4) is 0 Å². The third-order valence-corrected chi connectivity index (χ3v) is 6.09. The molecule has 2 heterocycles. The zero-order valence-corrected chi connectivity index (χ0v) is 18.4. The smallest absolute Gasteiger partial charge is 0.264 e. The van der Waals surface area contributed by atoms with Crippen LogP contribution in [0.4, 0.5) is 0 Å². The average Bonchev–Trinajstić information content (AvgIpc) is 3.19. The van der Waals surface area contributed by atoms with Crippen molar-refractivity contribution in [3.05, 3.63) is 88.5 Å². The van der Waals surface area contributed by atoms with E-state index in [0.717, 1.165) is 11.3 Å². The molecule has 4 aromatic rings. The normalized spacial score (nSPS) is 12.8. The van der Waals surface area contributed by atoms with Gasteiger partial charge in [0.15, 0.2) is 0 Å². The molecule has 0 aliphatic carbocycles. The van der Waals surface area contributed by atoms with Gasteiger partial charge in [-0.25, -0.2) is 0 Å². The minimum Gasteiger partial charge on any atom is -0.487 e. The van der Waals surface area contributed by atoms with E-state index in [9.17, 15) is 14.3 Å². The number of aryl methyl sites for hydroxylation is 1. The Labute approximate surface area is 184 Å². The number of aromatic amines is 2. The molecule has 0 spiro atoms. The summed E-state index contributed by atoms with van der Waals surface area (Å²) in [6, 6.07) is 17.0. The molecule has 2 aromatic heterocycles. The van der Waals surface area contributed by atoms with Gasteiger partial charge in [-0.05, 0) is 55.0 Å². The van der Waals surface area contributed by atoms with Crippen molar-refractivity contribution < 1.29 is 18.9 Å². The molecule has 0 fully saturated rings. The summed E-state index contributed by atoms with van der Waals surface area (Å²) >= 11 is 0. The maximum absolute atomic E-state index is 11.8. The van der Waals surface area contributed by atoms with Gasteiger partial charge in [0.25, 0.3) is 5.56 Å². The van der Waals surface area contributed by atoms with Gasteiger partial charge in [0, 0.05) is 35.9 Å². The highest BCUT2D eigenvalue weighted by atomic mass is 31.2. The average molecular weight is 451 g/mol. The summed E-state index contributed by atoms with van der Waals surface area (Å²) in [6.07, 6.45) is 1.71. The molecule has 164 valence electrons. The Morgan fingerprint density at radius 2 is 1.75 bits per heavy atom. The topological polar surface area (TPSA) is 117 Å². The van der Waals surface area contributed by atoms with Crippen molar-refractivity contribution in [3.63, 3.8) is 0 Å². The number of hydrogen-bond donors (Lipinski definition) is 3. The number of pyridine rings is 1. The predicted octanol–water partition coefficient (Wildman–Crippen LogP) is 3.97. The molecular weight excluding hydrogens is 429 g/mol. The molecule has 0 saturated heterocycles. The summed E-state index contributed by atoms with van der Waals surface area (Å²) in [5.74, 6) is 1.51. The number of rotatable bonds is 7. The molecule has 0 aliphatic heterocycles. The fourth-order valence-corrected chi connectivity index (χ4v) is 3.81. The number of aromatic nitrogens is 3. The van der Waals surface area contributed by atoms with Gasteiger partial charge in [0.2, 0.25) is 7.37 Å². The maximum atomic E-state index is 11.8. The Hall–Kier alpha value is -3.61. The number of H-pyrrole nitrogens is 2. The lowest BCUT2D eigenvalue weighted by Gasteiger charge is -2.13. The van der Waals surface area contributed by atoms with Crippen molar-refractivity contribution in [1.82, 2.24) is 15.2 Å². The Bertz CT molecular complexity index is 1340. The van der Waals surface area contributed by atoms with E-state index in [1.165, 1.54) is 12.7 Å². The van der Waals surface area contributed by atoms with E-state index in [4.69, 9.17) is 9.47 Å². The summed E-state index contributed by atoms with van der Waals surface area (Å²) in [6.45, 7) is 3.53. The van der Waals surface area contributed by atoms with Crippen LogP contribution in [0.2, 0.25) is 0 Å². The SMILES string of the molecule is Cc1cccnc1COc1cc(Oc2ccc(P(C)(=O)O)cc2)cc(-c2cc(=O)[nH][nH]2)c1. The molecule has 32 heavy (non-hydrogen) atoms. The monoisotopic (exact) mass is 451 g/mol. The van der Waals surface area contributed by atoms with E-state index in [-0.39, 0.29) is 12.2 Å². The van der Waals surface area contributed by atoms with Gasteiger partial charge in [-0.3, -0.25) is 24.5 Å². The van der Waals surface area contributed by atoms with Crippen LogP contribution in [0.5, 0.6) is 17.2 Å². The summed E-state index contributed by atoms with van der Waals surface area (Å²) in [4.78, 5) is 25.6. The summed E-state index contributed by atoms with van der Waals surface area (Å²) in [5.41, 5.74) is 2.87. The van der Waals surface area contributed by atoms with Crippen LogP contribution in [0.25, 0.3) is 11.3 Å². The molecule has 0 saturated carbocycles. The van der Waals surface area contributed by atoms with Gasteiger partial charge in [-0.15, -0.1) is 0 Å². The van der Waals surface area contributed by atoms with Crippen molar-refractivity contribution in [2.75, 3.05) is 6.66 Å². The molecule has 0 aliphatic rings.